The number of hydrogen-bond acceptors (Lipinski definition) is 4. The van der Waals surface area contributed by atoms with Gasteiger partial charge in [0.15, 0.2) is 9.84 Å². The molecule has 18 heavy (non-hydrogen) atoms. The first-order valence-electron chi connectivity index (χ1n) is 6.63. The molecule has 1 aliphatic heterocycles. The smallest absolute Gasteiger partial charge is 0.237 e. The van der Waals surface area contributed by atoms with Crippen molar-refractivity contribution in [1.29, 1.82) is 0 Å². The highest BCUT2D eigenvalue weighted by molar-refractivity contribution is 7.91. The van der Waals surface area contributed by atoms with Gasteiger partial charge in [0, 0.05) is 25.4 Å². The van der Waals surface area contributed by atoms with E-state index in [0.29, 0.717) is 18.5 Å². The number of rotatable bonds is 6. The topological polar surface area (TPSA) is 66.5 Å². The van der Waals surface area contributed by atoms with Crippen molar-refractivity contribution in [2.45, 2.75) is 31.7 Å². The van der Waals surface area contributed by atoms with Gasteiger partial charge in [-0.15, -0.1) is 0 Å². The van der Waals surface area contributed by atoms with Gasteiger partial charge in [-0.05, 0) is 38.1 Å². The van der Waals surface area contributed by atoms with Crippen molar-refractivity contribution >= 4 is 15.7 Å². The first-order valence-corrected chi connectivity index (χ1v) is 8.69. The fraction of sp³-hybridized carbons (Fsp3) is 0.917. The summed E-state index contributed by atoms with van der Waals surface area (Å²) in [6.07, 6.45) is 5.67. The molecule has 6 heteroatoms. The molecule has 0 radical (unpaired) electrons. The summed E-state index contributed by atoms with van der Waals surface area (Å²) in [5, 5.41) is 3.36. The molecule has 1 aliphatic carbocycles. The van der Waals surface area contributed by atoms with Gasteiger partial charge in [0.1, 0.15) is 5.75 Å². The molecule has 1 atom stereocenters. The van der Waals surface area contributed by atoms with Gasteiger partial charge in [0.2, 0.25) is 5.91 Å². The van der Waals surface area contributed by atoms with Crippen LogP contribution < -0.4 is 5.32 Å². The number of sulfone groups is 1. The number of nitrogens with one attached hydrogen (secondary N) is 1. The Morgan fingerprint density at radius 2 is 2.00 bits per heavy atom. The van der Waals surface area contributed by atoms with Crippen molar-refractivity contribution in [2.24, 2.45) is 5.92 Å². The minimum atomic E-state index is -3.23. The molecule has 0 aromatic heterocycles. The van der Waals surface area contributed by atoms with E-state index in [1.807, 2.05) is 0 Å². The first-order chi connectivity index (χ1) is 8.44. The Morgan fingerprint density at radius 1 is 1.28 bits per heavy atom. The van der Waals surface area contributed by atoms with Crippen LogP contribution in [0.15, 0.2) is 0 Å². The minimum absolute atomic E-state index is 0.238. The average molecular weight is 274 g/mol. The number of hydrogen-bond donors (Lipinski definition) is 1. The minimum Gasteiger partial charge on any atom is -0.340 e. The Morgan fingerprint density at radius 3 is 2.50 bits per heavy atom. The first kappa shape index (κ1) is 13.8. The third-order valence-electron chi connectivity index (χ3n) is 3.52. The number of carbonyl (C=O) groups excluding carboxylic acids is 1. The van der Waals surface area contributed by atoms with Crippen molar-refractivity contribution in [3.05, 3.63) is 0 Å². The van der Waals surface area contributed by atoms with Crippen molar-refractivity contribution < 1.29 is 13.2 Å². The lowest BCUT2D eigenvalue weighted by molar-refractivity contribution is -0.129. The molecule has 1 heterocycles. The lowest BCUT2D eigenvalue weighted by Crippen LogP contribution is -2.44. The van der Waals surface area contributed by atoms with Crippen LogP contribution in [0.4, 0.5) is 0 Å². The van der Waals surface area contributed by atoms with Crippen LogP contribution in [0.3, 0.4) is 0 Å². The Balaban J connectivity index is 1.91. The van der Waals surface area contributed by atoms with Gasteiger partial charge in [-0.2, -0.15) is 0 Å². The van der Waals surface area contributed by atoms with Gasteiger partial charge >= 0.3 is 0 Å². The fourth-order valence-electron chi connectivity index (χ4n) is 2.38. The summed E-state index contributed by atoms with van der Waals surface area (Å²) in [6.45, 7) is 2.39. The molecule has 0 aromatic carbocycles. The largest absolute Gasteiger partial charge is 0.340 e. The SMILES string of the molecule is CS(=O)(=O)CC(=O)N(CC1CC1)CC1CCCN1. The second kappa shape index (κ2) is 5.57. The molecule has 104 valence electrons. The molecule has 5 nitrogen and oxygen atoms in total. The predicted octanol–water partition coefficient (Wildman–Crippen LogP) is 0.0216. The standard InChI is InChI=1S/C12H22N2O3S/c1-18(16,17)9-12(15)14(7-10-4-5-10)8-11-3-2-6-13-11/h10-11,13H,2-9H2,1H3. The van der Waals surface area contributed by atoms with Crippen LogP contribution in [-0.2, 0) is 14.6 Å². The zero-order chi connectivity index (χ0) is 13.2. The lowest BCUT2D eigenvalue weighted by Gasteiger charge is -2.25. The van der Waals surface area contributed by atoms with Crippen LogP contribution in [0, 0.1) is 5.92 Å². The van der Waals surface area contributed by atoms with Gasteiger partial charge in [0.25, 0.3) is 0 Å². The number of carbonyl (C=O) groups is 1. The van der Waals surface area contributed by atoms with E-state index in [1.54, 1.807) is 4.90 Å². The van der Waals surface area contributed by atoms with Gasteiger partial charge in [0.05, 0.1) is 0 Å². The maximum absolute atomic E-state index is 12.0. The van der Waals surface area contributed by atoms with E-state index in [1.165, 1.54) is 12.8 Å². The molecule has 0 bridgehead atoms. The highest BCUT2D eigenvalue weighted by atomic mass is 32.2. The Labute approximate surface area is 109 Å². The second-order valence-corrected chi connectivity index (χ2v) is 7.75. The highest BCUT2D eigenvalue weighted by Gasteiger charge is 2.30. The summed E-state index contributed by atoms with van der Waals surface area (Å²) in [6, 6.07) is 0.340. The normalized spacial score (nSPS) is 24.2. The summed E-state index contributed by atoms with van der Waals surface area (Å²) in [7, 11) is -3.23. The Bertz CT molecular complexity index is 398. The summed E-state index contributed by atoms with van der Waals surface area (Å²) in [5.74, 6) is -0.0000803. The van der Waals surface area contributed by atoms with E-state index in [0.717, 1.165) is 32.2 Å². The van der Waals surface area contributed by atoms with E-state index in [-0.39, 0.29) is 11.7 Å². The van der Waals surface area contributed by atoms with Crippen LogP contribution in [0.5, 0.6) is 0 Å². The molecule has 1 unspecified atom stereocenters. The lowest BCUT2D eigenvalue weighted by atomic mass is 10.2. The second-order valence-electron chi connectivity index (χ2n) is 5.61. The average Bonchev–Trinajstić information content (AvgIpc) is 2.89. The van der Waals surface area contributed by atoms with E-state index < -0.39 is 9.84 Å². The number of nitrogens with zero attached hydrogens (tertiary/aromatic N) is 1. The Hall–Kier alpha value is -0.620. The van der Waals surface area contributed by atoms with Gasteiger partial charge in [-0.25, -0.2) is 8.42 Å². The van der Waals surface area contributed by atoms with Crippen LogP contribution in [0.1, 0.15) is 25.7 Å². The summed E-state index contributed by atoms with van der Waals surface area (Å²) < 4.78 is 22.4. The molecular formula is C12H22N2O3S. The van der Waals surface area contributed by atoms with E-state index >= 15 is 0 Å². The van der Waals surface area contributed by atoms with Crippen molar-refractivity contribution in [1.82, 2.24) is 10.2 Å². The van der Waals surface area contributed by atoms with Crippen LogP contribution in [0.25, 0.3) is 0 Å². The third kappa shape index (κ3) is 4.57. The molecule has 1 saturated carbocycles. The molecular weight excluding hydrogens is 252 g/mol. The van der Waals surface area contributed by atoms with E-state index in [2.05, 4.69) is 5.32 Å². The summed E-state index contributed by atoms with van der Waals surface area (Å²) >= 11 is 0. The zero-order valence-corrected chi connectivity index (χ0v) is 11.7. The fourth-order valence-corrected chi connectivity index (χ4v) is 3.02. The van der Waals surface area contributed by atoms with E-state index in [9.17, 15) is 13.2 Å². The van der Waals surface area contributed by atoms with Gasteiger partial charge in [-0.3, -0.25) is 4.79 Å². The Kier molecular flexibility index (Phi) is 4.27. The summed E-state index contributed by atoms with van der Waals surface area (Å²) in [5.41, 5.74) is 0. The summed E-state index contributed by atoms with van der Waals surface area (Å²) in [4.78, 5) is 13.8. The molecule has 2 fully saturated rings. The molecule has 1 N–H and O–H groups in total. The predicted molar refractivity (Wildman–Crippen MR) is 70.0 cm³/mol. The van der Waals surface area contributed by atoms with Gasteiger partial charge < -0.3 is 10.2 Å². The van der Waals surface area contributed by atoms with Crippen LogP contribution in [0.2, 0.25) is 0 Å². The van der Waals surface area contributed by atoms with Crippen molar-refractivity contribution in [2.75, 3.05) is 31.6 Å². The third-order valence-corrected chi connectivity index (χ3v) is 4.29. The monoisotopic (exact) mass is 274 g/mol. The van der Waals surface area contributed by atoms with E-state index in [4.69, 9.17) is 0 Å². The quantitative estimate of drug-likeness (QED) is 0.741. The van der Waals surface area contributed by atoms with Gasteiger partial charge in [-0.1, -0.05) is 0 Å². The highest BCUT2D eigenvalue weighted by Crippen LogP contribution is 2.30. The van der Waals surface area contributed by atoms with Crippen LogP contribution >= 0.6 is 0 Å². The molecule has 2 rings (SSSR count). The maximum Gasteiger partial charge on any atom is 0.237 e. The van der Waals surface area contributed by atoms with Crippen molar-refractivity contribution in [3.8, 4) is 0 Å². The number of amides is 1. The van der Waals surface area contributed by atoms with Crippen LogP contribution in [-0.4, -0.2) is 56.9 Å². The zero-order valence-electron chi connectivity index (χ0n) is 10.9. The molecule has 2 aliphatic rings. The molecule has 1 amide bonds. The molecule has 0 aromatic rings. The maximum atomic E-state index is 12.0. The molecule has 0 spiro atoms. The van der Waals surface area contributed by atoms with Crippen molar-refractivity contribution in [3.63, 3.8) is 0 Å². The molecule has 1 saturated heterocycles.